The van der Waals surface area contributed by atoms with Gasteiger partial charge in [-0.1, -0.05) is 60.8 Å². The molecule has 0 bridgehead atoms. The predicted octanol–water partition coefficient (Wildman–Crippen LogP) is 3.09. The van der Waals surface area contributed by atoms with E-state index in [9.17, 15) is 14.4 Å². The first kappa shape index (κ1) is 27.8. The van der Waals surface area contributed by atoms with E-state index in [4.69, 9.17) is 33.2 Å². The van der Waals surface area contributed by atoms with Crippen molar-refractivity contribution >= 4 is 17.9 Å². The number of hydrogen-bond donors (Lipinski definition) is 0. The van der Waals surface area contributed by atoms with E-state index in [2.05, 4.69) is 0 Å². The van der Waals surface area contributed by atoms with Crippen LogP contribution < -0.4 is 0 Å². The van der Waals surface area contributed by atoms with Gasteiger partial charge in [0.25, 0.3) is 5.97 Å². The van der Waals surface area contributed by atoms with E-state index in [-0.39, 0.29) is 12.0 Å². The number of carbonyl (C=O) groups is 3. The molecule has 1 unspecified atom stereocenters. The van der Waals surface area contributed by atoms with Gasteiger partial charge < -0.3 is 28.4 Å². The van der Waals surface area contributed by atoms with Gasteiger partial charge in [0.05, 0.1) is 25.0 Å². The van der Waals surface area contributed by atoms with Crippen molar-refractivity contribution < 1.29 is 47.5 Å². The van der Waals surface area contributed by atoms with E-state index in [1.165, 1.54) is 7.11 Å². The number of rotatable bonds is 8. The van der Waals surface area contributed by atoms with Crippen molar-refractivity contribution in [2.75, 3.05) is 7.11 Å². The lowest BCUT2D eigenvalue weighted by Gasteiger charge is -2.40. The molecule has 200 valence electrons. The quantitative estimate of drug-likeness (QED) is 0.364. The Morgan fingerprint density at radius 1 is 0.829 bits per heavy atom. The topological polar surface area (TPSA) is 116 Å². The van der Waals surface area contributed by atoms with Crippen LogP contribution in [0, 0.1) is 17.8 Å². The third-order valence-electron chi connectivity index (χ3n) is 6.55. The molecule has 0 aromatic heterocycles. The fourth-order valence-corrected chi connectivity index (χ4v) is 4.40. The molecule has 6 atom stereocenters. The van der Waals surface area contributed by atoms with Crippen molar-refractivity contribution in [1.29, 1.82) is 0 Å². The summed E-state index contributed by atoms with van der Waals surface area (Å²) >= 11 is 0. The van der Waals surface area contributed by atoms with Crippen molar-refractivity contribution in [3.05, 3.63) is 0 Å². The van der Waals surface area contributed by atoms with Crippen molar-refractivity contribution in [2.45, 2.75) is 116 Å². The number of hydrogen-bond acceptors (Lipinski definition) is 10. The molecule has 3 fully saturated rings. The van der Waals surface area contributed by atoms with Crippen LogP contribution in [-0.4, -0.2) is 67.8 Å². The Morgan fingerprint density at radius 3 is 1.91 bits per heavy atom. The van der Waals surface area contributed by atoms with Crippen molar-refractivity contribution in [1.82, 2.24) is 0 Å². The molecule has 0 spiro atoms. The van der Waals surface area contributed by atoms with E-state index in [1.54, 1.807) is 27.7 Å². The SMILES string of the molecule is COC(=O)[C@H]1O[C@@H]2OC(OC3CCCCC3)(C(C)C)O[C@@H]2[C@@H](OC(=O)C(C)C)[C@@H]1OC(=O)C(C)C. The second kappa shape index (κ2) is 11.5. The molecule has 2 saturated heterocycles. The number of methoxy groups -OCH3 is 1. The average molecular weight is 501 g/mol. The van der Waals surface area contributed by atoms with Crippen molar-refractivity contribution in [3.63, 3.8) is 0 Å². The second-order valence-corrected chi connectivity index (χ2v) is 10.4. The Hall–Kier alpha value is -1.75. The van der Waals surface area contributed by atoms with Gasteiger partial charge in [0.1, 0.15) is 0 Å². The summed E-state index contributed by atoms with van der Waals surface area (Å²) in [7, 11) is 1.20. The summed E-state index contributed by atoms with van der Waals surface area (Å²) in [4.78, 5) is 37.9. The maximum Gasteiger partial charge on any atom is 0.339 e. The van der Waals surface area contributed by atoms with Crippen LogP contribution in [0.3, 0.4) is 0 Å². The minimum atomic E-state index is -1.47. The molecule has 10 nitrogen and oxygen atoms in total. The number of ether oxygens (including phenoxy) is 7. The minimum absolute atomic E-state index is 0.0612. The summed E-state index contributed by atoms with van der Waals surface area (Å²) in [6, 6.07) is 0. The molecular formula is C25H40O10. The molecule has 3 aliphatic rings. The van der Waals surface area contributed by atoms with E-state index in [0.717, 1.165) is 32.1 Å². The van der Waals surface area contributed by atoms with Crippen LogP contribution in [0.2, 0.25) is 0 Å². The van der Waals surface area contributed by atoms with Crippen LogP contribution in [0.15, 0.2) is 0 Å². The van der Waals surface area contributed by atoms with Crippen LogP contribution in [0.1, 0.15) is 73.6 Å². The largest absolute Gasteiger partial charge is 0.467 e. The first-order valence-electron chi connectivity index (χ1n) is 12.7. The molecule has 0 amide bonds. The van der Waals surface area contributed by atoms with Gasteiger partial charge in [-0.05, 0) is 12.8 Å². The highest BCUT2D eigenvalue weighted by Gasteiger charge is 2.63. The average Bonchev–Trinajstić information content (AvgIpc) is 3.19. The van der Waals surface area contributed by atoms with Crippen LogP contribution in [0.4, 0.5) is 0 Å². The third kappa shape index (κ3) is 6.15. The molecule has 1 aliphatic carbocycles. The molecule has 35 heavy (non-hydrogen) atoms. The lowest BCUT2D eigenvalue weighted by atomic mass is 9.97. The van der Waals surface area contributed by atoms with Crippen LogP contribution in [0.25, 0.3) is 0 Å². The Balaban J connectivity index is 1.97. The summed E-state index contributed by atoms with van der Waals surface area (Å²) in [6.45, 7) is 10.5. The Bertz CT molecular complexity index is 759. The van der Waals surface area contributed by atoms with Crippen LogP contribution in [-0.2, 0) is 47.5 Å². The van der Waals surface area contributed by atoms with Crippen LogP contribution >= 0.6 is 0 Å². The molecule has 3 rings (SSSR count). The molecule has 0 N–H and O–H groups in total. The summed E-state index contributed by atoms with van der Waals surface area (Å²) in [6.07, 6.45) is -0.994. The fourth-order valence-electron chi connectivity index (χ4n) is 4.40. The van der Waals surface area contributed by atoms with Gasteiger partial charge in [0, 0.05) is 5.92 Å². The summed E-state index contributed by atoms with van der Waals surface area (Å²) in [5, 5.41) is 0. The van der Waals surface area contributed by atoms with E-state index >= 15 is 0 Å². The zero-order chi connectivity index (χ0) is 25.9. The van der Waals surface area contributed by atoms with Crippen molar-refractivity contribution in [3.8, 4) is 0 Å². The molecule has 2 aliphatic heterocycles. The standard InChI is InChI=1S/C25H40O10/c1-13(2)21(26)30-17-18(31-22(27)14(3)4)20-24(32-19(17)23(28)29-7)35-25(34-20,15(5)6)33-16-11-9-8-10-12-16/h13-20,24H,8-12H2,1-7H3/t17-,18-,19-,20+,24+,25?/m0/s1. The third-order valence-corrected chi connectivity index (χ3v) is 6.55. The zero-order valence-electron chi connectivity index (χ0n) is 21.8. The van der Waals surface area contributed by atoms with Gasteiger partial charge >= 0.3 is 17.9 Å². The van der Waals surface area contributed by atoms with Crippen molar-refractivity contribution in [2.24, 2.45) is 17.8 Å². The van der Waals surface area contributed by atoms with Gasteiger partial charge in [0.2, 0.25) is 0 Å². The normalized spacial score (nSPS) is 33.6. The lowest BCUT2D eigenvalue weighted by molar-refractivity contribution is -0.390. The summed E-state index contributed by atoms with van der Waals surface area (Å²) in [5.74, 6) is -4.59. The lowest BCUT2D eigenvalue weighted by Crippen LogP contribution is -2.62. The van der Waals surface area contributed by atoms with E-state index < -0.39 is 66.4 Å². The minimum Gasteiger partial charge on any atom is -0.467 e. The van der Waals surface area contributed by atoms with Gasteiger partial charge in [-0.25, -0.2) is 4.79 Å². The molecule has 2 heterocycles. The van der Waals surface area contributed by atoms with E-state index in [0.29, 0.717) is 0 Å². The first-order chi connectivity index (χ1) is 16.5. The van der Waals surface area contributed by atoms with Gasteiger partial charge in [-0.15, -0.1) is 0 Å². The smallest absolute Gasteiger partial charge is 0.339 e. The zero-order valence-corrected chi connectivity index (χ0v) is 21.8. The Kier molecular flexibility index (Phi) is 9.17. The fraction of sp³-hybridized carbons (Fsp3) is 0.880. The molecular weight excluding hydrogens is 460 g/mol. The number of esters is 3. The van der Waals surface area contributed by atoms with E-state index in [1.807, 2.05) is 13.8 Å². The highest BCUT2D eigenvalue weighted by atomic mass is 16.9. The maximum absolute atomic E-state index is 12.7. The highest BCUT2D eigenvalue weighted by molar-refractivity contribution is 5.78. The Morgan fingerprint density at radius 2 is 1.40 bits per heavy atom. The number of fused-ring (bicyclic) bond motifs is 1. The number of carbonyl (C=O) groups excluding carboxylic acids is 3. The monoisotopic (exact) mass is 500 g/mol. The molecule has 10 heteroatoms. The van der Waals surface area contributed by atoms with Gasteiger partial charge in [-0.2, -0.15) is 0 Å². The first-order valence-corrected chi connectivity index (χ1v) is 12.7. The Labute approximate surface area is 207 Å². The highest BCUT2D eigenvalue weighted by Crippen LogP contribution is 2.44. The summed E-state index contributed by atoms with van der Waals surface area (Å²) in [5.41, 5.74) is 0. The second-order valence-electron chi connectivity index (χ2n) is 10.4. The molecule has 0 aromatic rings. The molecule has 0 radical (unpaired) electrons. The van der Waals surface area contributed by atoms with Gasteiger partial charge in [-0.3, -0.25) is 14.3 Å². The predicted molar refractivity (Wildman–Crippen MR) is 122 cm³/mol. The molecule has 1 saturated carbocycles. The summed E-state index contributed by atoms with van der Waals surface area (Å²) < 4.78 is 41.2. The van der Waals surface area contributed by atoms with Crippen LogP contribution in [0.5, 0.6) is 0 Å². The van der Waals surface area contributed by atoms with Gasteiger partial charge in [0.15, 0.2) is 30.7 Å². The maximum atomic E-state index is 12.7. The molecule has 0 aromatic carbocycles.